The Morgan fingerprint density at radius 1 is 1.07 bits per heavy atom. The topological polar surface area (TPSA) is 67.9 Å². The van der Waals surface area contributed by atoms with Gasteiger partial charge < -0.3 is 9.72 Å². The predicted octanol–water partition coefficient (Wildman–Crippen LogP) is 6.08. The van der Waals surface area contributed by atoms with Gasteiger partial charge in [0.15, 0.2) is 5.16 Å². The first-order valence-corrected chi connectivity index (χ1v) is 10.8. The lowest BCUT2D eigenvalue weighted by molar-refractivity contribution is 0.0524. The largest absolute Gasteiger partial charge is 0.462 e. The number of fused-ring (bicyclic) bond motifs is 1. The molecule has 30 heavy (non-hydrogen) atoms. The molecule has 1 N–H and O–H groups in total. The molecule has 0 amide bonds. The minimum atomic E-state index is -0.385. The van der Waals surface area contributed by atoms with E-state index in [0.717, 1.165) is 21.4 Å². The van der Waals surface area contributed by atoms with Crippen LogP contribution in [-0.2, 0) is 4.74 Å². The SMILES string of the molecule is CCOC(=O)c1c(-c2ccccc2)nc(Sc2c[nH]c3ccccc23)nc1C(C)C. The molecule has 0 saturated carbocycles. The van der Waals surface area contributed by atoms with Crippen molar-refractivity contribution in [3.63, 3.8) is 0 Å². The van der Waals surface area contributed by atoms with E-state index in [4.69, 9.17) is 14.7 Å². The standard InChI is InChI=1S/C24H23N3O2S/c1-4-29-23(28)20-21(15(2)3)26-24(27-22(20)16-10-6-5-7-11-16)30-19-14-25-18-13-9-8-12-17(18)19/h5-15,25H,4H2,1-3H3. The van der Waals surface area contributed by atoms with Crippen LogP contribution in [0.5, 0.6) is 0 Å². The molecule has 0 aliphatic heterocycles. The van der Waals surface area contributed by atoms with Gasteiger partial charge in [0, 0.05) is 27.6 Å². The number of ether oxygens (including phenoxy) is 1. The normalized spacial score (nSPS) is 11.2. The maximum Gasteiger partial charge on any atom is 0.342 e. The summed E-state index contributed by atoms with van der Waals surface area (Å²) < 4.78 is 5.35. The van der Waals surface area contributed by atoms with Crippen LogP contribution < -0.4 is 0 Å². The van der Waals surface area contributed by atoms with Crippen LogP contribution in [0.15, 0.2) is 70.8 Å². The Balaban J connectivity index is 1.88. The number of esters is 1. The molecule has 6 heteroatoms. The summed E-state index contributed by atoms with van der Waals surface area (Å²) in [5, 5.41) is 1.73. The van der Waals surface area contributed by atoms with Crippen molar-refractivity contribution in [1.29, 1.82) is 0 Å². The van der Waals surface area contributed by atoms with E-state index >= 15 is 0 Å². The van der Waals surface area contributed by atoms with Crippen molar-refractivity contribution in [3.05, 3.63) is 72.1 Å². The Kier molecular flexibility index (Phi) is 5.86. The van der Waals surface area contributed by atoms with Gasteiger partial charge in [0.05, 0.1) is 18.0 Å². The molecule has 0 spiro atoms. The minimum Gasteiger partial charge on any atom is -0.462 e. The number of aromatic nitrogens is 3. The number of hydrogen-bond acceptors (Lipinski definition) is 5. The van der Waals surface area contributed by atoms with Gasteiger partial charge in [0.2, 0.25) is 0 Å². The number of rotatable bonds is 6. The van der Waals surface area contributed by atoms with Gasteiger partial charge in [-0.2, -0.15) is 0 Å². The van der Waals surface area contributed by atoms with E-state index in [-0.39, 0.29) is 11.9 Å². The predicted molar refractivity (Wildman–Crippen MR) is 120 cm³/mol. The van der Waals surface area contributed by atoms with Crippen molar-refractivity contribution in [2.45, 2.75) is 36.7 Å². The molecule has 152 valence electrons. The zero-order valence-electron chi connectivity index (χ0n) is 17.2. The van der Waals surface area contributed by atoms with Crippen molar-refractivity contribution >= 4 is 28.6 Å². The third-order valence-electron chi connectivity index (χ3n) is 4.74. The summed E-state index contributed by atoms with van der Waals surface area (Å²) in [5.74, 6) is -0.346. The third kappa shape index (κ3) is 3.96. The van der Waals surface area contributed by atoms with Crippen LogP contribution in [0, 0.1) is 0 Å². The monoisotopic (exact) mass is 417 g/mol. The van der Waals surface area contributed by atoms with Crippen molar-refractivity contribution in [3.8, 4) is 11.3 Å². The highest BCUT2D eigenvalue weighted by molar-refractivity contribution is 7.99. The summed E-state index contributed by atoms with van der Waals surface area (Å²) in [6.45, 7) is 6.16. The molecule has 4 rings (SSSR count). The number of aromatic amines is 1. The van der Waals surface area contributed by atoms with Crippen LogP contribution in [0.25, 0.3) is 22.2 Å². The lowest BCUT2D eigenvalue weighted by atomic mass is 9.99. The summed E-state index contributed by atoms with van der Waals surface area (Å²) >= 11 is 1.49. The smallest absolute Gasteiger partial charge is 0.342 e. The summed E-state index contributed by atoms with van der Waals surface area (Å²) in [7, 11) is 0. The number of hydrogen-bond donors (Lipinski definition) is 1. The maximum atomic E-state index is 12.9. The number of H-pyrrole nitrogens is 1. The first kappa shape index (κ1) is 20.2. The Morgan fingerprint density at radius 3 is 2.53 bits per heavy atom. The summed E-state index contributed by atoms with van der Waals surface area (Å²) in [5.41, 5.74) is 3.68. The first-order chi connectivity index (χ1) is 14.6. The third-order valence-corrected chi connectivity index (χ3v) is 5.67. The van der Waals surface area contributed by atoms with E-state index in [0.29, 0.717) is 28.7 Å². The van der Waals surface area contributed by atoms with Crippen molar-refractivity contribution in [1.82, 2.24) is 15.0 Å². The second-order valence-electron chi connectivity index (χ2n) is 7.16. The van der Waals surface area contributed by atoms with Gasteiger partial charge in [0.1, 0.15) is 5.56 Å². The zero-order valence-corrected chi connectivity index (χ0v) is 18.0. The fourth-order valence-corrected chi connectivity index (χ4v) is 4.24. The molecule has 4 aromatic rings. The number of carbonyl (C=O) groups is 1. The van der Waals surface area contributed by atoms with Crippen LogP contribution in [0.3, 0.4) is 0 Å². The molecule has 0 fully saturated rings. The highest BCUT2D eigenvalue weighted by atomic mass is 32.2. The Hall–Kier alpha value is -3.12. The molecule has 0 atom stereocenters. The van der Waals surface area contributed by atoms with Gasteiger partial charge in [0.25, 0.3) is 0 Å². The molecule has 2 heterocycles. The number of para-hydroxylation sites is 1. The van der Waals surface area contributed by atoms with Gasteiger partial charge in [-0.3, -0.25) is 0 Å². The molecule has 2 aromatic heterocycles. The molecule has 0 aliphatic carbocycles. The number of nitrogens with one attached hydrogen (secondary N) is 1. The van der Waals surface area contributed by atoms with Crippen LogP contribution in [0.1, 0.15) is 42.7 Å². The maximum absolute atomic E-state index is 12.9. The van der Waals surface area contributed by atoms with Gasteiger partial charge in [-0.05, 0) is 30.7 Å². The van der Waals surface area contributed by atoms with Gasteiger partial charge >= 0.3 is 5.97 Å². The number of carbonyl (C=O) groups excluding carboxylic acids is 1. The van der Waals surface area contributed by atoms with Crippen LogP contribution in [-0.4, -0.2) is 27.5 Å². The quantitative estimate of drug-likeness (QED) is 0.304. The lowest BCUT2D eigenvalue weighted by Gasteiger charge is -2.16. The molecule has 2 aromatic carbocycles. The van der Waals surface area contributed by atoms with Gasteiger partial charge in [-0.25, -0.2) is 14.8 Å². The summed E-state index contributed by atoms with van der Waals surface area (Å²) in [6.07, 6.45) is 1.97. The molecule has 0 aliphatic rings. The molecule has 0 radical (unpaired) electrons. The van der Waals surface area contributed by atoms with Crippen LogP contribution >= 0.6 is 11.8 Å². The lowest BCUT2D eigenvalue weighted by Crippen LogP contribution is -2.15. The highest BCUT2D eigenvalue weighted by Gasteiger charge is 2.25. The average molecular weight is 418 g/mol. The van der Waals surface area contributed by atoms with E-state index in [1.165, 1.54) is 11.8 Å². The Labute approximate surface area is 179 Å². The Bertz CT molecular complexity index is 1190. The molecule has 5 nitrogen and oxygen atoms in total. The highest BCUT2D eigenvalue weighted by Crippen LogP contribution is 2.35. The van der Waals surface area contributed by atoms with Crippen LogP contribution in [0.4, 0.5) is 0 Å². The van der Waals surface area contributed by atoms with E-state index in [1.54, 1.807) is 6.92 Å². The molecular formula is C24H23N3O2S. The van der Waals surface area contributed by atoms with Crippen LogP contribution in [0.2, 0.25) is 0 Å². The summed E-state index contributed by atoms with van der Waals surface area (Å²) in [6, 6.07) is 17.9. The second kappa shape index (κ2) is 8.71. The van der Waals surface area contributed by atoms with Crippen molar-refractivity contribution in [2.75, 3.05) is 6.61 Å². The van der Waals surface area contributed by atoms with E-state index in [9.17, 15) is 4.79 Å². The average Bonchev–Trinajstić information content (AvgIpc) is 3.16. The summed E-state index contributed by atoms with van der Waals surface area (Å²) in [4.78, 5) is 26.8. The Morgan fingerprint density at radius 2 is 1.80 bits per heavy atom. The zero-order chi connectivity index (χ0) is 21.1. The molecule has 0 unspecified atom stereocenters. The van der Waals surface area contributed by atoms with E-state index in [2.05, 4.69) is 11.1 Å². The molecule has 0 saturated heterocycles. The molecule has 0 bridgehead atoms. The fourth-order valence-electron chi connectivity index (χ4n) is 3.36. The van der Waals surface area contributed by atoms with Crippen molar-refractivity contribution < 1.29 is 9.53 Å². The fraction of sp³-hybridized carbons (Fsp3) is 0.208. The molecular weight excluding hydrogens is 394 g/mol. The minimum absolute atomic E-state index is 0.0391. The first-order valence-electron chi connectivity index (χ1n) is 9.97. The van der Waals surface area contributed by atoms with E-state index in [1.807, 2.05) is 68.6 Å². The second-order valence-corrected chi connectivity index (χ2v) is 8.17. The number of benzene rings is 2. The number of nitrogens with zero attached hydrogens (tertiary/aromatic N) is 2. The van der Waals surface area contributed by atoms with Gasteiger partial charge in [-0.15, -0.1) is 0 Å². The van der Waals surface area contributed by atoms with E-state index < -0.39 is 0 Å². The van der Waals surface area contributed by atoms with Crippen molar-refractivity contribution in [2.24, 2.45) is 0 Å². The van der Waals surface area contributed by atoms with Gasteiger partial charge in [-0.1, -0.05) is 62.4 Å².